The SMILES string of the molecule is CCCCN(CCCl)c1cccc(C(F)(F)F)n1. The van der Waals surface area contributed by atoms with Crippen molar-refractivity contribution >= 4 is 17.4 Å². The quantitative estimate of drug-likeness (QED) is 0.734. The molecule has 0 bridgehead atoms. The van der Waals surface area contributed by atoms with Crippen molar-refractivity contribution in [2.75, 3.05) is 23.9 Å². The molecule has 0 radical (unpaired) electrons. The molecule has 0 N–H and O–H groups in total. The van der Waals surface area contributed by atoms with Gasteiger partial charge in [0.2, 0.25) is 0 Å². The fourth-order valence-electron chi connectivity index (χ4n) is 1.55. The number of rotatable bonds is 6. The Kier molecular flexibility index (Phi) is 5.72. The Morgan fingerprint density at radius 1 is 1.28 bits per heavy atom. The van der Waals surface area contributed by atoms with E-state index < -0.39 is 11.9 Å². The average Bonchev–Trinajstić information content (AvgIpc) is 2.33. The van der Waals surface area contributed by atoms with E-state index in [9.17, 15) is 13.2 Å². The second-order valence-corrected chi connectivity index (χ2v) is 4.29. The molecule has 0 saturated heterocycles. The van der Waals surface area contributed by atoms with Crippen LogP contribution in [0.15, 0.2) is 18.2 Å². The van der Waals surface area contributed by atoms with Gasteiger partial charge in [0.1, 0.15) is 11.5 Å². The summed E-state index contributed by atoms with van der Waals surface area (Å²) in [4.78, 5) is 5.44. The summed E-state index contributed by atoms with van der Waals surface area (Å²) in [7, 11) is 0. The van der Waals surface area contributed by atoms with Crippen molar-refractivity contribution in [3.63, 3.8) is 0 Å². The molecule has 6 heteroatoms. The Bertz CT molecular complexity index is 369. The van der Waals surface area contributed by atoms with Gasteiger partial charge in [-0.1, -0.05) is 19.4 Å². The summed E-state index contributed by atoms with van der Waals surface area (Å²) in [5.74, 6) is 0.695. The summed E-state index contributed by atoms with van der Waals surface area (Å²) in [5.41, 5.74) is -0.865. The molecule has 0 spiro atoms. The molecule has 0 saturated carbocycles. The number of hydrogen-bond donors (Lipinski definition) is 0. The third kappa shape index (κ3) is 4.37. The molecule has 0 aliphatic heterocycles. The largest absolute Gasteiger partial charge is 0.433 e. The van der Waals surface area contributed by atoms with Gasteiger partial charge in [-0.3, -0.25) is 0 Å². The van der Waals surface area contributed by atoms with E-state index >= 15 is 0 Å². The highest BCUT2D eigenvalue weighted by molar-refractivity contribution is 6.18. The third-order valence-corrected chi connectivity index (χ3v) is 2.65. The van der Waals surface area contributed by atoms with Crippen molar-refractivity contribution < 1.29 is 13.2 Å². The number of hydrogen-bond acceptors (Lipinski definition) is 2. The van der Waals surface area contributed by atoms with Crippen molar-refractivity contribution in [2.45, 2.75) is 25.9 Å². The molecule has 0 aliphatic rings. The minimum absolute atomic E-state index is 0.332. The monoisotopic (exact) mass is 280 g/mol. The van der Waals surface area contributed by atoms with Gasteiger partial charge in [-0.15, -0.1) is 11.6 Å². The van der Waals surface area contributed by atoms with E-state index in [1.165, 1.54) is 6.07 Å². The van der Waals surface area contributed by atoms with Crippen LogP contribution in [0.4, 0.5) is 19.0 Å². The zero-order valence-corrected chi connectivity index (χ0v) is 10.9. The minimum atomic E-state index is -4.41. The number of alkyl halides is 4. The topological polar surface area (TPSA) is 16.1 Å². The average molecular weight is 281 g/mol. The third-order valence-electron chi connectivity index (χ3n) is 2.48. The molecule has 1 aromatic heterocycles. The highest BCUT2D eigenvalue weighted by Gasteiger charge is 2.32. The molecular formula is C12H16ClF3N2. The van der Waals surface area contributed by atoms with Gasteiger partial charge in [-0.25, -0.2) is 4.98 Å². The predicted molar refractivity (Wildman–Crippen MR) is 67.1 cm³/mol. The van der Waals surface area contributed by atoms with Gasteiger partial charge in [-0.05, 0) is 18.6 Å². The summed E-state index contributed by atoms with van der Waals surface area (Å²) in [6.45, 7) is 3.19. The van der Waals surface area contributed by atoms with E-state index in [0.717, 1.165) is 18.9 Å². The van der Waals surface area contributed by atoms with Crippen LogP contribution in [0, 0.1) is 0 Å². The van der Waals surface area contributed by atoms with Crippen LogP contribution in [-0.4, -0.2) is 24.0 Å². The number of anilines is 1. The lowest BCUT2D eigenvalue weighted by molar-refractivity contribution is -0.141. The molecule has 0 amide bonds. The minimum Gasteiger partial charge on any atom is -0.355 e. The molecule has 0 aromatic carbocycles. The van der Waals surface area contributed by atoms with Crippen LogP contribution >= 0.6 is 11.6 Å². The molecule has 0 aliphatic carbocycles. The summed E-state index contributed by atoms with van der Waals surface area (Å²) in [6.07, 6.45) is -2.54. The lowest BCUT2D eigenvalue weighted by Gasteiger charge is -2.23. The van der Waals surface area contributed by atoms with Crippen LogP contribution in [0.1, 0.15) is 25.5 Å². The van der Waals surface area contributed by atoms with E-state index in [2.05, 4.69) is 4.98 Å². The number of halogens is 4. The zero-order chi connectivity index (χ0) is 13.6. The van der Waals surface area contributed by atoms with E-state index in [1.54, 1.807) is 11.0 Å². The van der Waals surface area contributed by atoms with Gasteiger partial charge in [0, 0.05) is 19.0 Å². The number of pyridine rings is 1. The molecular weight excluding hydrogens is 265 g/mol. The van der Waals surface area contributed by atoms with Crippen molar-refractivity contribution in [1.82, 2.24) is 4.98 Å². The van der Waals surface area contributed by atoms with Crippen molar-refractivity contribution in [3.05, 3.63) is 23.9 Å². The highest BCUT2D eigenvalue weighted by atomic mass is 35.5. The highest BCUT2D eigenvalue weighted by Crippen LogP contribution is 2.28. The Labute approximate surface area is 110 Å². The number of nitrogens with zero attached hydrogens (tertiary/aromatic N) is 2. The Morgan fingerprint density at radius 2 is 2.00 bits per heavy atom. The van der Waals surface area contributed by atoms with E-state index in [4.69, 9.17) is 11.6 Å². The van der Waals surface area contributed by atoms with Gasteiger partial charge in [-0.2, -0.15) is 13.2 Å². The fourth-order valence-corrected chi connectivity index (χ4v) is 1.75. The Morgan fingerprint density at radius 3 is 2.56 bits per heavy atom. The lowest BCUT2D eigenvalue weighted by atomic mass is 10.3. The van der Waals surface area contributed by atoms with E-state index in [0.29, 0.717) is 24.8 Å². The first-order valence-corrected chi connectivity index (χ1v) is 6.37. The molecule has 0 fully saturated rings. The standard InChI is InChI=1S/C12H16ClF3N2/c1-2-3-8-18(9-7-13)11-6-4-5-10(17-11)12(14,15)16/h4-6H,2-3,7-9H2,1H3. The van der Waals surface area contributed by atoms with E-state index in [-0.39, 0.29) is 0 Å². The molecule has 1 rings (SSSR count). The molecule has 1 heterocycles. The normalized spacial score (nSPS) is 11.6. The van der Waals surface area contributed by atoms with Gasteiger partial charge < -0.3 is 4.90 Å². The zero-order valence-electron chi connectivity index (χ0n) is 10.2. The number of aromatic nitrogens is 1. The molecule has 0 atom stereocenters. The first-order valence-electron chi connectivity index (χ1n) is 5.84. The lowest BCUT2D eigenvalue weighted by Crippen LogP contribution is -2.28. The fraction of sp³-hybridized carbons (Fsp3) is 0.583. The van der Waals surface area contributed by atoms with Crippen molar-refractivity contribution in [1.29, 1.82) is 0 Å². The van der Waals surface area contributed by atoms with Gasteiger partial charge in [0.25, 0.3) is 0 Å². The van der Waals surface area contributed by atoms with Crippen LogP contribution < -0.4 is 4.90 Å². The van der Waals surface area contributed by atoms with Crippen LogP contribution in [-0.2, 0) is 6.18 Å². The van der Waals surface area contributed by atoms with Crippen molar-refractivity contribution in [2.24, 2.45) is 0 Å². The maximum Gasteiger partial charge on any atom is 0.433 e. The smallest absolute Gasteiger partial charge is 0.355 e. The summed E-state index contributed by atoms with van der Waals surface area (Å²) in [6, 6.07) is 3.93. The Balaban J connectivity index is 2.90. The van der Waals surface area contributed by atoms with Gasteiger partial charge in [0.05, 0.1) is 0 Å². The van der Waals surface area contributed by atoms with Crippen molar-refractivity contribution in [3.8, 4) is 0 Å². The molecule has 18 heavy (non-hydrogen) atoms. The van der Waals surface area contributed by atoms with Crippen LogP contribution in [0.25, 0.3) is 0 Å². The second kappa shape index (κ2) is 6.83. The molecule has 2 nitrogen and oxygen atoms in total. The number of unbranched alkanes of at least 4 members (excludes halogenated alkanes) is 1. The van der Waals surface area contributed by atoms with E-state index in [1.807, 2.05) is 6.92 Å². The predicted octanol–water partition coefficient (Wildman–Crippen LogP) is 3.95. The summed E-state index contributed by atoms with van der Waals surface area (Å²) < 4.78 is 37.7. The first-order chi connectivity index (χ1) is 8.49. The van der Waals surface area contributed by atoms with Gasteiger partial charge >= 0.3 is 6.18 Å². The Hall–Kier alpha value is -0.970. The maximum absolute atomic E-state index is 12.6. The molecule has 0 unspecified atom stereocenters. The molecule has 102 valence electrons. The van der Waals surface area contributed by atoms with Gasteiger partial charge in [0.15, 0.2) is 0 Å². The van der Waals surface area contributed by atoms with Crippen LogP contribution in [0.5, 0.6) is 0 Å². The second-order valence-electron chi connectivity index (χ2n) is 3.91. The summed E-state index contributed by atoms with van der Waals surface area (Å²) in [5, 5.41) is 0. The first kappa shape index (κ1) is 15.1. The maximum atomic E-state index is 12.6. The molecule has 1 aromatic rings. The van der Waals surface area contributed by atoms with Crippen LogP contribution in [0.2, 0.25) is 0 Å². The van der Waals surface area contributed by atoms with Crippen LogP contribution in [0.3, 0.4) is 0 Å². The summed E-state index contributed by atoms with van der Waals surface area (Å²) >= 11 is 5.66.